The van der Waals surface area contributed by atoms with Crippen molar-refractivity contribution >= 4 is 60.4 Å². The summed E-state index contributed by atoms with van der Waals surface area (Å²) >= 11 is 0. The summed E-state index contributed by atoms with van der Waals surface area (Å²) in [7, 11) is 0. The van der Waals surface area contributed by atoms with Crippen molar-refractivity contribution in [2.24, 2.45) is 0 Å². The molecule has 0 fully saturated rings. The number of nitrogens with zero attached hydrogens (tertiary/aromatic N) is 2. The predicted octanol–water partition coefficient (Wildman–Crippen LogP) is 17.2. The second-order valence-electron chi connectivity index (χ2n) is 16.5. The Morgan fingerprint density at radius 3 is 1.48 bits per heavy atom. The minimum absolute atomic E-state index is 1.09. The van der Waals surface area contributed by atoms with E-state index in [2.05, 4.69) is 264 Å². The summed E-state index contributed by atoms with van der Waals surface area (Å²) in [5.41, 5.74) is 16.4. The maximum absolute atomic E-state index is 2.42. The molecule has 300 valence electrons. The number of fused-ring (bicyclic) bond motifs is 6. The Balaban J connectivity index is 0.943. The fourth-order valence-corrected chi connectivity index (χ4v) is 9.80. The second-order valence-corrected chi connectivity index (χ2v) is 16.5. The van der Waals surface area contributed by atoms with Crippen molar-refractivity contribution < 1.29 is 0 Å². The van der Waals surface area contributed by atoms with Gasteiger partial charge in [-0.25, -0.2) is 0 Å². The lowest BCUT2D eigenvalue weighted by molar-refractivity contribution is 1.18. The van der Waals surface area contributed by atoms with Crippen LogP contribution >= 0.6 is 0 Å². The van der Waals surface area contributed by atoms with Crippen LogP contribution in [0.1, 0.15) is 0 Å². The summed E-state index contributed by atoms with van der Waals surface area (Å²) in [6.45, 7) is 0. The van der Waals surface area contributed by atoms with Crippen LogP contribution in [0, 0.1) is 0 Å². The summed E-state index contributed by atoms with van der Waals surface area (Å²) in [5.74, 6) is 0. The zero-order valence-corrected chi connectivity index (χ0v) is 35.1. The van der Waals surface area contributed by atoms with E-state index in [1.807, 2.05) is 0 Å². The molecule has 0 spiro atoms. The van der Waals surface area contributed by atoms with Crippen molar-refractivity contribution in [1.82, 2.24) is 4.57 Å². The molecule has 0 atom stereocenters. The van der Waals surface area contributed by atoms with Gasteiger partial charge in [-0.15, -0.1) is 0 Å². The van der Waals surface area contributed by atoms with Gasteiger partial charge in [0.15, 0.2) is 0 Å². The normalized spacial score (nSPS) is 11.4. The summed E-state index contributed by atoms with van der Waals surface area (Å²) in [5, 5.41) is 7.58. The first kappa shape index (κ1) is 37.3. The fourth-order valence-electron chi connectivity index (χ4n) is 9.80. The summed E-state index contributed by atoms with van der Waals surface area (Å²) in [6.07, 6.45) is 0. The van der Waals surface area contributed by atoms with Crippen LogP contribution in [0.2, 0.25) is 0 Å². The first-order valence-corrected chi connectivity index (χ1v) is 22.0. The second kappa shape index (κ2) is 15.8. The minimum atomic E-state index is 1.09. The number of hydrogen-bond donors (Lipinski definition) is 0. The molecule has 1 aromatic heterocycles. The molecule has 11 aromatic carbocycles. The van der Waals surface area contributed by atoms with Gasteiger partial charge < -0.3 is 9.47 Å². The van der Waals surface area contributed by atoms with E-state index in [9.17, 15) is 0 Å². The van der Waals surface area contributed by atoms with Crippen LogP contribution in [-0.4, -0.2) is 4.57 Å². The molecule has 0 N–H and O–H groups in total. The smallest absolute Gasteiger partial charge is 0.0541 e. The van der Waals surface area contributed by atoms with E-state index in [1.54, 1.807) is 0 Å². The molecule has 1 heterocycles. The van der Waals surface area contributed by atoms with Gasteiger partial charge in [-0.05, 0) is 116 Å². The highest BCUT2D eigenvalue weighted by molar-refractivity contribution is 6.14. The molecule has 64 heavy (non-hydrogen) atoms. The van der Waals surface area contributed by atoms with E-state index < -0.39 is 0 Å². The predicted molar refractivity (Wildman–Crippen MR) is 272 cm³/mol. The van der Waals surface area contributed by atoms with Crippen LogP contribution in [0.3, 0.4) is 0 Å². The third-order valence-corrected chi connectivity index (χ3v) is 12.8. The highest BCUT2D eigenvalue weighted by Gasteiger charge is 2.19. The zero-order chi connectivity index (χ0) is 42.4. The molecule has 2 heteroatoms. The lowest BCUT2D eigenvalue weighted by atomic mass is 9.93. The average molecular weight is 815 g/mol. The van der Waals surface area contributed by atoms with Gasteiger partial charge in [-0.3, -0.25) is 0 Å². The van der Waals surface area contributed by atoms with E-state index in [0.29, 0.717) is 0 Å². The molecular formula is C62H42N2. The third kappa shape index (κ3) is 6.44. The Bertz CT molecular complexity index is 3600. The van der Waals surface area contributed by atoms with Gasteiger partial charge in [0, 0.05) is 33.3 Å². The molecule has 12 aromatic rings. The quantitative estimate of drug-likeness (QED) is 0.139. The minimum Gasteiger partial charge on any atom is -0.310 e. The van der Waals surface area contributed by atoms with Crippen LogP contribution in [0.25, 0.3) is 93.5 Å². The maximum atomic E-state index is 2.42. The molecule has 0 aliphatic heterocycles. The average Bonchev–Trinajstić information content (AvgIpc) is 3.71. The first-order chi connectivity index (χ1) is 31.8. The van der Waals surface area contributed by atoms with E-state index in [1.165, 1.54) is 88.0 Å². The largest absolute Gasteiger partial charge is 0.310 e. The molecule has 0 aliphatic rings. The van der Waals surface area contributed by atoms with Gasteiger partial charge in [-0.2, -0.15) is 0 Å². The van der Waals surface area contributed by atoms with E-state index in [4.69, 9.17) is 0 Å². The number of rotatable bonds is 8. The van der Waals surface area contributed by atoms with E-state index in [-0.39, 0.29) is 0 Å². The topological polar surface area (TPSA) is 8.17 Å². The fraction of sp³-hybridized carbons (Fsp3) is 0. The highest BCUT2D eigenvalue weighted by atomic mass is 15.1. The molecule has 0 saturated carbocycles. The Kier molecular flexibility index (Phi) is 9.20. The van der Waals surface area contributed by atoms with Gasteiger partial charge in [0.25, 0.3) is 0 Å². The zero-order valence-electron chi connectivity index (χ0n) is 35.1. The third-order valence-electron chi connectivity index (χ3n) is 12.8. The highest BCUT2D eigenvalue weighted by Crippen LogP contribution is 2.43. The molecular weight excluding hydrogens is 773 g/mol. The molecule has 12 rings (SSSR count). The van der Waals surface area contributed by atoms with Crippen LogP contribution in [0.4, 0.5) is 17.1 Å². The Labute approximate surface area is 373 Å². The molecule has 0 bridgehead atoms. The monoisotopic (exact) mass is 814 g/mol. The summed E-state index contributed by atoms with van der Waals surface area (Å²) in [6, 6.07) is 92.6. The van der Waals surface area contributed by atoms with Crippen molar-refractivity contribution in [2.75, 3.05) is 4.90 Å². The van der Waals surface area contributed by atoms with Crippen molar-refractivity contribution in [3.63, 3.8) is 0 Å². The van der Waals surface area contributed by atoms with Crippen LogP contribution in [-0.2, 0) is 0 Å². The Morgan fingerprint density at radius 2 is 0.766 bits per heavy atom. The number of para-hydroxylation sites is 4. The van der Waals surface area contributed by atoms with Crippen molar-refractivity contribution in [3.05, 3.63) is 255 Å². The molecule has 0 radical (unpaired) electrons. The Hall–Kier alpha value is -8.46. The summed E-state index contributed by atoms with van der Waals surface area (Å²) in [4.78, 5) is 2.40. The lowest BCUT2D eigenvalue weighted by Gasteiger charge is -2.28. The standard InChI is InChI=1S/C62H42N2/c1-2-17-44(18-3-1)52-23-8-12-29-59(52)63(50-39-35-45(36-40-50)58-42-48-19-4-5-22-51(48)54-25-6-7-26-55(54)58)49-37-33-43(34-38-49)46-20-16-21-47(41-46)53-24-9-13-30-60(53)64-61-31-14-10-27-56(61)57-28-11-15-32-62(57)64/h1-42H. The van der Waals surface area contributed by atoms with Gasteiger partial charge in [-0.1, -0.05) is 194 Å². The molecule has 0 aliphatic carbocycles. The van der Waals surface area contributed by atoms with E-state index in [0.717, 1.165) is 22.6 Å². The van der Waals surface area contributed by atoms with Crippen molar-refractivity contribution in [3.8, 4) is 50.2 Å². The first-order valence-electron chi connectivity index (χ1n) is 22.0. The molecule has 2 nitrogen and oxygen atoms in total. The van der Waals surface area contributed by atoms with Crippen LogP contribution in [0.5, 0.6) is 0 Å². The molecule has 0 unspecified atom stereocenters. The van der Waals surface area contributed by atoms with E-state index >= 15 is 0 Å². The van der Waals surface area contributed by atoms with Gasteiger partial charge >= 0.3 is 0 Å². The van der Waals surface area contributed by atoms with Crippen LogP contribution < -0.4 is 4.90 Å². The van der Waals surface area contributed by atoms with Gasteiger partial charge in [0.2, 0.25) is 0 Å². The SMILES string of the molecule is c1ccc(-c2ccccc2N(c2ccc(-c3cccc(-c4ccccc4-n4c5ccccc5c5ccccc54)c3)cc2)c2ccc(-c3cc4ccccc4c4ccccc34)cc2)cc1. The molecule has 0 amide bonds. The van der Waals surface area contributed by atoms with Gasteiger partial charge in [0.05, 0.1) is 22.4 Å². The Morgan fingerprint density at radius 1 is 0.266 bits per heavy atom. The number of aromatic nitrogens is 1. The van der Waals surface area contributed by atoms with Crippen LogP contribution in [0.15, 0.2) is 255 Å². The number of benzene rings is 11. The maximum Gasteiger partial charge on any atom is 0.0541 e. The number of hydrogen-bond acceptors (Lipinski definition) is 1. The molecule has 0 saturated heterocycles. The lowest BCUT2D eigenvalue weighted by Crippen LogP contribution is -2.11. The van der Waals surface area contributed by atoms with Gasteiger partial charge in [0.1, 0.15) is 0 Å². The number of anilines is 3. The van der Waals surface area contributed by atoms with Crippen molar-refractivity contribution in [1.29, 1.82) is 0 Å². The van der Waals surface area contributed by atoms with Crippen molar-refractivity contribution in [2.45, 2.75) is 0 Å². The summed E-state index contributed by atoms with van der Waals surface area (Å²) < 4.78 is 2.42.